The first-order chi connectivity index (χ1) is 7.58. The second kappa shape index (κ2) is 3.77. The lowest BCUT2D eigenvalue weighted by Crippen LogP contribution is -1.95. The molecular weight excluding hydrogens is 213 g/mol. The molecule has 0 amide bonds. The largest absolute Gasteiger partial charge is 0.475 e. The zero-order chi connectivity index (χ0) is 11.7. The smallest absolute Gasteiger partial charge is 0.373 e. The van der Waals surface area contributed by atoms with Gasteiger partial charge in [0.2, 0.25) is 11.7 Å². The van der Waals surface area contributed by atoms with Gasteiger partial charge in [0, 0.05) is 5.56 Å². The number of halogens is 1. The van der Waals surface area contributed by atoms with Gasteiger partial charge in [0.05, 0.1) is 5.69 Å². The third-order valence-corrected chi connectivity index (χ3v) is 2.06. The van der Waals surface area contributed by atoms with Gasteiger partial charge >= 0.3 is 5.97 Å². The van der Waals surface area contributed by atoms with E-state index in [1.807, 2.05) is 0 Å². The molecule has 16 heavy (non-hydrogen) atoms. The van der Waals surface area contributed by atoms with Crippen molar-refractivity contribution in [2.45, 2.75) is 6.92 Å². The van der Waals surface area contributed by atoms with Crippen molar-refractivity contribution in [2.75, 3.05) is 0 Å². The topological polar surface area (TPSA) is 63.3 Å². The van der Waals surface area contributed by atoms with E-state index < -0.39 is 11.8 Å². The second-order valence-corrected chi connectivity index (χ2v) is 3.25. The van der Waals surface area contributed by atoms with Crippen molar-refractivity contribution >= 4 is 5.97 Å². The molecule has 0 saturated carbocycles. The zero-order valence-corrected chi connectivity index (χ0v) is 8.40. The number of aryl methyl sites for hydroxylation is 1. The van der Waals surface area contributed by atoms with Gasteiger partial charge in [-0.15, -0.1) is 0 Å². The minimum atomic E-state index is -1.19. The van der Waals surface area contributed by atoms with Gasteiger partial charge in [-0.25, -0.2) is 14.2 Å². The molecule has 0 aliphatic carbocycles. The lowest BCUT2D eigenvalue weighted by atomic mass is 10.2. The van der Waals surface area contributed by atoms with Crippen LogP contribution in [0.2, 0.25) is 0 Å². The summed E-state index contributed by atoms with van der Waals surface area (Å²) in [7, 11) is 0. The van der Waals surface area contributed by atoms with E-state index in [1.165, 1.54) is 25.1 Å². The number of nitrogens with zero attached hydrogens (tertiary/aromatic N) is 1. The maximum absolute atomic E-state index is 12.9. The molecule has 82 valence electrons. The number of benzene rings is 1. The highest BCUT2D eigenvalue weighted by Crippen LogP contribution is 2.22. The lowest BCUT2D eigenvalue weighted by Gasteiger charge is -1.94. The number of hydrogen-bond donors (Lipinski definition) is 1. The molecule has 2 rings (SSSR count). The monoisotopic (exact) mass is 221 g/mol. The Bertz CT molecular complexity index is 548. The maximum Gasteiger partial charge on any atom is 0.373 e. The van der Waals surface area contributed by atoms with Crippen LogP contribution in [0.1, 0.15) is 16.2 Å². The summed E-state index contributed by atoms with van der Waals surface area (Å²) in [4.78, 5) is 14.7. The predicted octanol–water partition coefficient (Wildman–Crippen LogP) is 2.49. The number of oxazole rings is 1. The molecule has 0 bridgehead atoms. The van der Waals surface area contributed by atoms with Gasteiger partial charge in [0.15, 0.2) is 0 Å². The number of carboxylic acid groups (broad SMARTS) is 1. The third kappa shape index (κ3) is 1.79. The highest BCUT2D eigenvalue weighted by molar-refractivity contribution is 5.86. The van der Waals surface area contributed by atoms with E-state index in [-0.39, 0.29) is 17.3 Å². The summed E-state index contributed by atoms with van der Waals surface area (Å²) in [5, 5.41) is 8.77. The lowest BCUT2D eigenvalue weighted by molar-refractivity contribution is 0.0662. The van der Waals surface area contributed by atoms with Crippen LogP contribution < -0.4 is 0 Å². The average molecular weight is 221 g/mol. The van der Waals surface area contributed by atoms with Crippen LogP contribution in [-0.2, 0) is 0 Å². The van der Waals surface area contributed by atoms with Crippen molar-refractivity contribution in [1.82, 2.24) is 4.98 Å². The maximum atomic E-state index is 12.9. The van der Waals surface area contributed by atoms with Gasteiger partial charge in [-0.3, -0.25) is 0 Å². The molecule has 0 aliphatic rings. The molecule has 0 fully saturated rings. The molecule has 0 spiro atoms. The standard InChI is InChI=1S/C11H8FNO3/c1-6-9(11(14)15)16-10(13-6)7-3-2-4-8(12)5-7/h2-5H,1H3,(H,14,15). The Kier molecular flexibility index (Phi) is 2.44. The fourth-order valence-electron chi connectivity index (χ4n) is 1.34. The minimum Gasteiger partial charge on any atom is -0.475 e. The predicted molar refractivity (Wildman–Crippen MR) is 53.6 cm³/mol. The van der Waals surface area contributed by atoms with Crippen molar-refractivity contribution in [3.8, 4) is 11.5 Å². The first kappa shape index (κ1) is 10.4. The Morgan fingerprint density at radius 2 is 2.25 bits per heavy atom. The first-order valence-electron chi connectivity index (χ1n) is 4.54. The highest BCUT2D eigenvalue weighted by atomic mass is 19.1. The second-order valence-electron chi connectivity index (χ2n) is 3.25. The zero-order valence-electron chi connectivity index (χ0n) is 8.40. The van der Waals surface area contributed by atoms with E-state index >= 15 is 0 Å². The molecule has 1 aromatic heterocycles. The van der Waals surface area contributed by atoms with E-state index in [9.17, 15) is 9.18 Å². The van der Waals surface area contributed by atoms with Crippen LogP contribution in [0.25, 0.3) is 11.5 Å². The van der Waals surface area contributed by atoms with E-state index in [0.29, 0.717) is 5.56 Å². The first-order valence-corrected chi connectivity index (χ1v) is 4.54. The Hall–Kier alpha value is -2.17. The van der Waals surface area contributed by atoms with Crippen LogP contribution in [-0.4, -0.2) is 16.1 Å². The molecule has 0 saturated heterocycles. The van der Waals surface area contributed by atoms with Gasteiger partial charge < -0.3 is 9.52 Å². The van der Waals surface area contributed by atoms with Gasteiger partial charge in [-0.05, 0) is 25.1 Å². The highest BCUT2D eigenvalue weighted by Gasteiger charge is 2.17. The van der Waals surface area contributed by atoms with Gasteiger partial charge in [0.25, 0.3) is 0 Å². The summed E-state index contributed by atoms with van der Waals surface area (Å²) in [6.07, 6.45) is 0. The van der Waals surface area contributed by atoms with Crippen molar-refractivity contribution in [3.63, 3.8) is 0 Å². The Morgan fingerprint density at radius 1 is 1.50 bits per heavy atom. The van der Waals surface area contributed by atoms with Crippen LogP contribution in [0.3, 0.4) is 0 Å². The molecule has 2 aromatic rings. The number of aromatic carboxylic acids is 1. The van der Waals surface area contributed by atoms with Gasteiger partial charge in [0.1, 0.15) is 5.82 Å². The fourth-order valence-corrected chi connectivity index (χ4v) is 1.34. The number of aromatic nitrogens is 1. The fraction of sp³-hybridized carbons (Fsp3) is 0.0909. The van der Waals surface area contributed by atoms with Crippen LogP contribution >= 0.6 is 0 Å². The van der Waals surface area contributed by atoms with Crippen LogP contribution in [0, 0.1) is 12.7 Å². The number of carbonyl (C=O) groups is 1. The van der Waals surface area contributed by atoms with E-state index in [0.717, 1.165) is 0 Å². The Labute approximate surface area is 90.4 Å². The summed E-state index contributed by atoms with van der Waals surface area (Å²) >= 11 is 0. The van der Waals surface area contributed by atoms with Crippen LogP contribution in [0.15, 0.2) is 28.7 Å². The third-order valence-electron chi connectivity index (χ3n) is 2.06. The Morgan fingerprint density at radius 3 is 2.81 bits per heavy atom. The normalized spacial score (nSPS) is 10.4. The molecule has 4 nitrogen and oxygen atoms in total. The van der Waals surface area contributed by atoms with E-state index in [1.54, 1.807) is 6.07 Å². The average Bonchev–Trinajstić information content (AvgIpc) is 2.60. The summed E-state index contributed by atoms with van der Waals surface area (Å²) < 4.78 is 18.0. The van der Waals surface area contributed by atoms with E-state index in [4.69, 9.17) is 9.52 Å². The molecule has 0 unspecified atom stereocenters. The molecule has 0 aliphatic heterocycles. The summed E-state index contributed by atoms with van der Waals surface area (Å²) in [5.41, 5.74) is 0.683. The molecule has 5 heteroatoms. The molecule has 0 atom stereocenters. The number of hydrogen-bond acceptors (Lipinski definition) is 3. The van der Waals surface area contributed by atoms with Gasteiger partial charge in [-0.2, -0.15) is 0 Å². The van der Waals surface area contributed by atoms with Crippen molar-refractivity contribution in [2.24, 2.45) is 0 Å². The van der Waals surface area contributed by atoms with Crippen molar-refractivity contribution in [1.29, 1.82) is 0 Å². The van der Waals surface area contributed by atoms with Crippen LogP contribution in [0.4, 0.5) is 4.39 Å². The van der Waals surface area contributed by atoms with E-state index in [2.05, 4.69) is 4.98 Å². The minimum absolute atomic E-state index is 0.106. The summed E-state index contributed by atoms with van der Waals surface area (Å²) in [6.45, 7) is 1.52. The number of rotatable bonds is 2. The molecule has 1 heterocycles. The Balaban J connectivity index is 2.49. The quantitative estimate of drug-likeness (QED) is 0.846. The van der Waals surface area contributed by atoms with Crippen molar-refractivity contribution < 1.29 is 18.7 Å². The molecule has 1 N–H and O–H groups in total. The molecule has 0 radical (unpaired) electrons. The summed E-state index contributed by atoms with van der Waals surface area (Å²) in [5.74, 6) is -1.73. The number of carboxylic acids is 1. The molecule has 1 aromatic carbocycles. The van der Waals surface area contributed by atoms with Crippen molar-refractivity contribution in [3.05, 3.63) is 41.5 Å². The molecular formula is C11H8FNO3. The van der Waals surface area contributed by atoms with Gasteiger partial charge in [-0.1, -0.05) is 6.07 Å². The van der Waals surface area contributed by atoms with Crippen LogP contribution in [0.5, 0.6) is 0 Å². The SMILES string of the molecule is Cc1nc(-c2cccc(F)c2)oc1C(=O)O. The summed E-state index contributed by atoms with van der Waals surface area (Å²) in [6, 6.07) is 5.62.